The summed E-state index contributed by atoms with van der Waals surface area (Å²) in [6.07, 6.45) is -4.78. The molecule has 0 radical (unpaired) electrons. The Morgan fingerprint density at radius 2 is 1.76 bits per heavy atom. The first-order valence-corrected chi connectivity index (χ1v) is 8.44. The average Bonchev–Trinajstić information content (AvgIpc) is 2.54. The lowest BCUT2D eigenvalue weighted by Crippen LogP contribution is -2.15. The number of halogens is 3. The van der Waals surface area contributed by atoms with Crippen LogP contribution in [0.1, 0.15) is 22.8 Å². The fraction of sp³-hybridized carbons (Fsp3) is 0.188. The van der Waals surface area contributed by atoms with Crippen molar-refractivity contribution in [1.29, 1.82) is 0 Å². The van der Waals surface area contributed by atoms with Crippen molar-refractivity contribution in [2.75, 3.05) is 6.61 Å². The van der Waals surface area contributed by atoms with Crippen LogP contribution < -0.4 is 4.18 Å². The Morgan fingerprint density at radius 1 is 1.08 bits per heavy atom. The number of carbonyl (C=O) groups excluding carboxylic acids is 1. The van der Waals surface area contributed by atoms with Gasteiger partial charge in [-0.3, -0.25) is 0 Å². The van der Waals surface area contributed by atoms with E-state index in [-0.39, 0.29) is 12.2 Å². The molecule has 25 heavy (non-hydrogen) atoms. The van der Waals surface area contributed by atoms with Crippen LogP contribution in [-0.2, 0) is 21.0 Å². The Hall–Kier alpha value is -2.55. The van der Waals surface area contributed by atoms with Gasteiger partial charge in [0.15, 0.2) is 5.75 Å². The maximum atomic E-state index is 12.9. The first-order valence-electron chi connectivity index (χ1n) is 7.03. The monoisotopic (exact) mass is 374 g/mol. The van der Waals surface area contributed by atoms with Crippen LogP contribution in [0.5, 0.6) is 5.75 Å². The fourth-order valence-electron chi connectivity index (χ4n) is 1.93. The van der Waals surface area contributed by atoms with Gasteiger partial charge < -0.3 is 8.92 Å². The van der Waals surface area contributed by atoms with Crippen LogP contribution in [0.15, 0.2) is 53.4 Å². The van der Waals surface area contributed by atoms with E-state index >= 15 is 0 Å². The van der Waals surface area contributed by atoms with Crippen LogP contribution in [0, 0.1) is 0 Å². The molecule has 0 fully saturated rings. The average molecular weight is 374 g/mol. The highest BCUT2D eigenvalue weighted by Crippen LogP contribution is 2.37. The van der Waals surface area contributed by atoms with E-state index in [0.29, 0.717) is 6.07 Å². The van der Waals surface area contributed by atoms with Gasteiger partial charge in [-0.15, -0.1) is 0 Å². The number of esters is 1. The molecule has 134 valence electrons. The van der Waals surface area contributed by atoms with Crippen molar-refractivity contribution < 1.29 is 35.3 Å². The molecular formula is C16H13F3O5S. The molecule has 0 heterocycles. The molecule has 2 rings (SSSR count). The highest BCUT2D eigenvalue weighted by atomic mass is 32.2. The zero-order chi connectivity index (χ0) is 18.7. The van der Waals surface area contributed by atoms with Gasteiger partial charge in [0.1, 0.15) is 4.90 Å². The predicted octanol–water partition coefficient (Wildman–Crippen LogP) is 3.65. The van der Waals surface area contributed by atoms with Gasteiger partial charge in [0.2, 0.25) is 0 Å². The number of alkyl halides is 3. The number of ether oxygens (including phenoxy) is 1. The molecule has 0 amide bonds. The first-order chi connectivity index (χ1) is 11.6. The molecule has 0 aliphatic rings. The van der Waals surface area contributed by atoms with E-state index in [1.54, 1.807) is 6.92 Å². The van der Waals surface area contributed by atoms with Gasteiger partial charge in [0, 0.05) is 0 Å². The first kappa shape index (κ1) is 18.8. The van der Waals surface area contributed by atoms with Gasteiger partial charge in [0.05, 0.1) is 17.7 Å². The van der Waals surface area contributed by atoms with Gasteiger partial charge in [0.25, 0.3) is 0 Å². The minimum Gasteiger partial charge on any atom is -0.462 e. The van der Waals surface area contributed by atoms with E-state index in [0.717, 1.165) is 24.3 Å². The van der Waals surface area contributed by atoms with E-state index in [1.807, 2.05) is 0 Å². The number of hydrogen-bond donors (Lipinski definition) is 0. The molecule has 0 saturated carbocycles. The second kappa shape index (κ2) is 7.14. The molecule has 5 nitrogen and oxygen atoms in total. The Bertz CT molecular complexity index is 875. The topological polar surface area (TPSA) is 69.7 Å². The second-order valence-electron chi connectivity index (χ2n) is 4.78. The molecule has 2 aromatic rings. The van der Waals surface area contributed by atoms with Crippen molar-refractivity contribution in [3.8, 4) is 5.75 Å². The zero-order valence-electron chi connectivity index (χ0n) is 12.9. The smallest absolute Gasteiger partial charge is 0.420 e. The van der Waals surface area contributed by atoms with Crippen LogP contribution in [0.25, 0.3) is 0 Å². The summed E-state index contributed by atoms with van der Waals surface area (Å²) >= 11 is 0. The van der Waals surface area contributed by atoms with E-state index in [2.05, 4.69) is 4.18 Å². The SMILES string of the molecule is CCOC(=O)c1cccc(S(=O)(=O)Oc2ccccc2C(F)(F)F)c1. The van der Waals surface area contributed by atoms with Crippen LogP contribution >= 0.6 is 0 Å². The quantitative estimate of drug-likeness (QED) is 0.590. The van der Waals surface area contributed by atoms with Gasteiger partial charge in [-0.2, -0.15) is 21.6 Å². The molecule has 0 aliphatic carbocycles. The number of carbonyl (C=O) groups is 1. The molecule has 0 bridgehead atoms. The summed E-state index contributed by atoms with van der Waals surface area (Å²) in [6.45, 7) is 1.67. The van der Waals surface area contributed by atoms with E-state index in [4.69, 9.17) is 4.74 Å². The summed E-state index contributed by atoms with van der Waals surface area (Å²) in [5, 5.41) is 0. The van der Waals surface area contributed by atoms with E-state index in [1.165, 1.54) is 18.2 Å². The van der Waals surface area contributed by atoms with E-state index in [9.17, 15) is 26.4 Å². The van der Waals surface area contributed by atoms with Crippen LogP contribution in [-0.4, -0.2) is 21.0 Å². The predicted molar refractivity (Wildman–Crippen MR) is 81.7 cm³/mol. The van der Waals surface area contributed by atoms with Crippen molar-refractivity contribution in [1.82, 2.24) is 0 Å². The van der Waals surface area contributed by atoms with Crippen molar-refractivity contribution in [2.45, 2.75) is 18.0 Å². The van der Waals surface area contributed by atoms with Gasteiger partial charge in [-0.1, -0.05) is 18.2 Å². The van der Waals surface area contributed by atoms with Crippen LogP contribution in [0.2, 0.25) is 0 Å². The maximum absolute atomic E-state index is 12.9. The second-order valence-corrected chi connectivity index (χ2v) is 6.33. The molecule has 0 spiro atoms. The number of para-hydroxylation sites is 1. The third-order valence-electron chi connectivity index (χ3n) is 3.03. The molecule has 9 heteroatoms. The number of rotatable bonds is 5. The highest BCUT2D eigenvalue weighted by Gasteiger charge is 2.35. The maximum Gasteiger partial charge on any atom is 0.420 e. The molecular weight excluding hydrogens is 361 g/mol. The lowest BCUT2D eigenvalue weighted by Gasteiger charge is -2.13. The van der Waals surface area contributed by atoms with Crippen molar-refractivity contribution in [3.05, 3.63) is 59.7 Å². The summed E-state index contributed by atoms with van der Waals surface area (Å²) in [6, 6.07) is 8.60. The van der Waals surface area contributed by atoms with Crippen molar-refractivity contribution in [2.24, 2.45) is 0 Å². The van der Waals surface area contributed by atoms with Gasteiger partial charge >= 0.3 is 22.3 Å². The Kier molecular flexibility index (Phi) is 5.36. The van der Waals surface area contributed by atoms with E-state index < -0.39 is 38.5 Å². The lowest BCUT2D eigenvalue weighted by molar-refractivity contribution is -0.138. The zero-order valence-corrected chi connectivity index (χ0v) is 13.7. The van der Waals surface area contributed by atoms with Gasteiger partial charge in [-0.05, 0) is 37.3 Å². The summed E-state index contributed by atoms with van der Waals surface area (Å²) < 4.78 is 72.8. The van der Waals surface area contributed by atoms with Crippen molar-refractivity contribution >= 4 is 16.1 Å². The van der Waals surface area contributed by atoms with Crippen molar-refractivity contribution in [3.63, 3.8) is 0 Å². The van der Waals surface area contributed by atoms with Crippen LogP contribution in [0.3, 0.4) is 0 Å². The summed E-state index contributed by atoms with van der Waals surface area (Å²) in [5.41, 5.74) is -1.28. The highest BCUT2D eigenvalue weighted by molar-refractivity contribution is 7.87. The normalized spacial score (nSPS) is 11.8. The third kappa shape index (κ3) is 4.50. The summed E-state index contributed by atoms with van der Waals surface area (Å²) in [7, 11) is -4.57. The largest absolute Gasteiger partial charge is 0.462 e. The molecule has 2 aromatic carbocycles. The Labute approximate surface area is 142 Å². The fourth-order valence-corrected chi connectivity index (χ4v) is 2.93. The standard InChI is InChI=1S/C16H13F3O5S/c1-2-23-15(20)11-6-5-7-12(10-11)25(21,22)24-14-9-4-3-8-13(14)16(17,18)19/h3-10H,2H2,1H3. The molecule has 0 aliphatic heterocycles. The Morgan fingerprint density at radius 3 is 2.40 bits per heavy atom. The molecule has 0 unspecified atom stereocenters. The number of benzene rings is 2. The third-order valence-corrected chi connectivity index (χ3v) is 4.26. The van der Waals surface area contributed by atoms with Gasteiger partial charge in [-0.25, -0.2) is 4.79 Å². The summed E-state index contributed by atoms with van der Waals surface area (Å²) in [4.78, 5) is 11.2. The Balaban J connectivity index is 2.38. The number of hydrogen-bond acceptors (Lipinski definition) is 5. The molecule has 0 saturated heterocycles. The molecule has 0 atom stereocenters. The lowest BCUT2D eigenvalue weighted by atomic mass is 10.2. The molecule has 0 aromatic heterocycles. The molecule has 0 N–H and O–H groups in total. The summed E-state index contributed by atoms with van der Waals surface area (Å²) in [5.74, 6) is -1.60. The minimum atomic E-state index is -4.78. The minimum absolute atomic E-state index is 0.0596. The van der Waals surface area contributed by atoms with Crippen LogP contribution in [0.4, 0.5) is 13.2 Å².